The average molecular weight is 234 g/mol. The Kier molecular flexibility index (Phi) is 2.69. The molecule has 1 aromatic heterocycles. The van der Waals surface area contributed by atoms with Crippen LogP contribution < -0.4 is 5.32 Å². The molecule has 1 saturated heterocycles. The van der Waals surface area contributed by atoms with Crippen LogP contribution in [0.3, 0.4) is 0 Å². The lowest BCUT2D eigenvalue weighted by Gasteiger charge is -2.29. The van der Waals surface area contributed by atoms with Crippen LogP contribution in [0.2, 0.25) is 0 Å². The largest absolute Gasteiger partial charge is 0.311 e. The third kappa shape index (κ3) is 1.99. The Morgan fingerprint density at radius 2 is 2.35 bits per heavy atom. The van der Waals surface area contributed by atoms with E-state index in [2.05, 4.69) is 33.9 Å². The first-order valence-corrected chi connectivity index (χ1v) is 6.85. The zero-order valence-electron chi connectivity index (χ0n) is 10.8. The molecule has 17 heavy (non-hydrogen) atoms. The summed E-state index contributed by atoms with van der Waals surface area (Å²) in [4.78, 5) is 4.47. The maximum atomic E-state index is 4.47. The van der Waals surface area contributed by atoms with Gasteiger partial charge in [-0.25, -0.2) is 9.67 Å². The molecule has 3 rings (SSSR count). The smallest absolute Gasteiger partial charge is 0.138 e. The van der Waals surface area contributed by atoms with Crippen molar-refractivity contribution in [2.75, 3.05) is 6.54 Å². The normalized spacial score (nSPS) is 29.1. The number of nitrogens with one attached hydrogen (secondary N) is 1. The van der Waals surface area contributed by atoms with E-state index in [9.17, 15) is 0 Å². The maximum Gasteiger partial charge on any atom is 0.138 e. The molecule has 2 fully saturated rings. The molecule has 2 heterocycles. The van der Waals surface area contributed by atoms with E-state index >= 15 is 0 Å². The number of hydrogen-bond acceptors (Lipinski definition) is 3. The van der Waals surface area contributed by atoms with Gasteiger partial charge in [0.15, 0.2) is 0 Å². The van der Waals surface area contributed by atoms with Crippen molar-refractivity contribution in [3.8, 4) is 0 Å². The molecule has 2 aliphatic rings. The SMILES string of the molecule is CC(C)n1ncnc1CC1(C2CC2)CCCN1. The van der Waals surface area contributed by atoms with Gasteiger partial charge in [0.2, 0.25) is 0 Å². The van der Waals surface area contributed by atoms with Crippen LogP contribution in [0.15, 0.2) is 6.33 Å². The summed E-state index contributed by atoms with van der Waals surface area (Å²) in [6.45, 7) is 5.51. The molecule has 1 aromatic rings. The van der Waals surface area contributed by atoms with Gasteiger partial charge in [-0.1, -0.05) is 0 Å². The maximum absolute atomic E-state index is 4.47. The molecule has 1 unspecified atom stereocenters. The Hall–Kier alpha value is -0.900. The number of nitrogens with zero attached hydrogens (tertiary/aromatic N) is 3. The highest BCUT2D eigenvalue weighted by Crippen LogP contribution is 2.45. The van der Waals surface area contributed by atoms with Gasteiger partial charge in [-0.15, -0.1) is 0 Å². The summed E-state index contributed by atoms with van der Waals surface area (Å²) in [6.07, 6.45) is 8.15. The molecule has 0 radical (unpaired) electrons. The third-order valence-electron chi connectivity index (χ3n) is 4.25. The van der Waals surface area contributed by atoms with Crippen molar-refractivity contribution in [1.82, 2.24) is 20.1 Å². The predicted molar refractivity (Wildman–Crippen MR) is 66.8 cm³/mol. The van der Waals surface area contributed by atoms with E-state index < -0.39 is 0 Å². The van der Waals surface area contributed by atoms with Gasteiger partial charge in [0.25, 0.3) is 0 Å². The van der Waals surface area contributed by atoms with Crippen molar-refractivity contribution < 1.29 is 0 Å². The zero-order valence-corrected chi connectivity index (χ0v) is 10.8. The van der Waals surface area contributed by atoms with Gasteiger partial charge in [0.05, 0.1) is 0 Å². The number of hydrogen-bond donors (Lipinski definition) is 1. The van der Waals surface area contributed by atoms with Crippen LogP contribution >= 0.6 is 0 Å². The van der Waals surface area contributed by atoms with Gasteiger partial charge >= 0.3 is 0 Å². The molecular weight excluding hydrogens is 212 g/mol. The van der Waals surface area contributed by atoms with Crippen LogP contribution in [0.4, 0.5) is 0 Å². The molecule has 1 saturated carbocycles. The highest BCUT2D eigenvalue weighted by Gasteiger charge is 2.47. The van der Waals surface area contributed by atoms with E-state index in [1.54, 1.807) is 6.33 Å². The van der Waals surface area contributed by atoms with Crippen LogP contribution in [0.1, 0.15) is 51.4 Å². The van der Waals surface area contributed by atoms with E-state index in [0.29, 0.717) is 11.6 Å². The van der Waals surface area contributed by atoms with E-state index in [1.165, 1.54) is 32.2 Å². The van der Waals surface area contributed by atoms with Crippen LogP contribution in [0, 0.1) is 5.92 Å². The van der Waals surface area contributed by atoms with Crippen molar-refractivity contribution in [2.45, 2.75) is 57.5 Å². The summed E-state index contributed by atoms with van der Waals surface area (Å²) in [7, 11) is 0. The Balaban J connectivity index is 1.82. The molecule has 0 spiro atoms. The molecule has 0 bridgehead atoms. The van der Waals surface area contributed by atoms with Crippen LogP contribution in [-0.4, -0.2) is 26.8 Å². The summed E-state index contributed by atoms with van der Waals surface area (Å²) >= 11 is 0. The van der Waals surface area contributed by atoms with Gasteiger partial charge in [-0.3, -0.25) is 0 Å². The van der Waals surface area contributed by atoms with E-state index in [0.717, 1.165) is 18.2 Å². The first kappa shape index (κ1) is 11.2. The van der Waals surface area contributed by atoms with Crippen molar-refractivity contribution in [3.63, 3.8) is 0 Å². The molecule has 4 nitrogen and oxygen atoms in total. The van der Waals surface area contributed by atoms with Crippen LogP contribution in [0.5, 0.6) is 0 Å². The topological polar surface area (TPSA) is 42.7 Å². The highest BCUT2D eigenvalue weighted by molar-refractivity contribution is 5.09. The Bertz CT molecular complexity index is 386. The first-order valence-electron chi connectivity index (χ1n) is 6.85. The molecular formula is C13H22N4. The van der Waals surface area contributed by atoms with Gasteiger partial charge in [-0.05, 0) is 52.0 Å². The van der Waals surface area contributed by atoms with Crippen molar-refractivity contribution in [2.24, 2.45) is 5.92 Å². The minimum absolute atomic E-state index is 0.333. The zero-order chi connectivity index (χ0) is 11.9. The predicted octanol–water partition coefficient (Wildman–Crippen LogP) is 1.93. The van der Waals surface area contributed by atoms with Gasteiger partial charge in [0.1, 0.15) is 12.2 Å². The molecule has 1 atom stereocenters. The fourth-order valence-electron chi connectivity index (χ4n) is 3.22. The summed E-state index contributed by atoms with van der Waals surface area (Å²) in [5.41, 5.74) is 0.333. The molecule has 0 aromatic carbocycles. The van der Waals surface area contributed by atoms with E-state index in [-0.39, 0.29) is 0 Å². The number of aromatic nitrogens is 3. The van der Waals surface area contributed by atoms with Crippen molar-refractivity contribution in [3.05, 3.63) is 12.2 Å². The van der Waals surface area contributed by atoms with E-state index in [1.807, 2.05) is 0 Å². The second-order valence-electron chi connectivity index (χ2n) is 5.85. The lowest BCUT2D eigenvalue weighted by molar-refractivity contribution is 0.308. The van der Waals surface area contributed by atoms with Crippen molar-refractivity contribution >= 4 is 0 Å². The van der Waals surface area contributed by atoms with E-state index in [4.69, 9.17) is 0 Å². The molecule has 0 amide bonds. The number of rotatable bonds is 4. The summed E-state index contributed by atoms with van der Waals surface area (Å²) in [6, 6.07) is 0.408. The third-order valence-corrected chi connectivity index (χ3v) is 4.25. The lowest BCUT2D eigenvalue weighted by atomic mass is 9.87. The fourth-order valence-corrected chi connectivity index (χ4v) is 3.22. The Labute approximate surface area is 103 Å². The average Bonchev–Trinajstić information content (AvgIpc) is 2.89. The quantitative estimate of drug-likeness (QED) is 0.865. The monoisotopic (exact) mass is 234 g/mol. The van der Waals surface area contributed by atoms with Crippen molar-refractivity contribution in [1.29, 1.82) is 0 Å². The van der Waals surface area contributed by atoms with Crippen LogP contribution in [0.25, 0.3) is 0 Å². The standard InChI is InChI=1S/C13H22N4/c1-10(2)17-12(14-9-16-17)8-13(11-4-5-11)6-3-7-15-13/h9-11,15H,3-8H2,1-2H3. The Morgan fingerprint density at radius 1 is 1.53 bits per heavy atom. The molecule has 1 aliphatic heterocycles. The molecule has 94 valence electrons. The second-order valence-corrected chi connectivity index (χ2v) is 5.85. The molecule has 4 heteroatoms. The van der Waals surface area contributed by atoms with Gasteiger partial charge in [0, 0.05) is 18.0 Å². The highest BCUT2D eigenvalue weighted by atomic mass is 15.3. The summed E-state index contributed by atoms with van der Waals surface area (Å²) < 4.78 is 2.07. The minimum atomic E-state index is 0.333. The Morgan fingerprint density at radius 3 is 2.94 bits per heavy atom. The minimum Gasteiger partial charge on any atom is -0.311 e. The second kappa shape index (κ2) is 4.09. The first-order chi connectivity index (χ1) is 8.21. The van der Waals surface area contributed by atoms with Crippen LogP contribution in [-0.2, 0) is 6.42 Å². The fraction of sp³-hybridized carbons (Fsp3) is 0.846. The summed E-state index contributed by atoms with van der Waals surface area (Å²) in [5, 5.41) is 8.10. The van der Waals surface area contributed by atoms with Gasteiger partial charge in [-0.2, -0.15) is 5.10 Å². The molecule has 1 aliphatic carbocycles. The lowest BCUT2D eigenvalue weighted by Crippen LogP contribution is -2.45. The molecule has 1 N–H and O–H groups in total. The van der Waals surface area contributed by atoms with Gasteiger partial charge < -0.3 is 5.32 Å². The summed E-state index contributed by atoms with van der Waals surface area (Å²) in [5.74, 6) is 2.03.